The second kappa shape index (κ2) is 6.65. The van der Waals surface area contributed by atoms with E-state index in [9.17, 15) is 4.79 Å². The summed E-state index contributed by atoms with van der Waals surface area (Å²) in [6, 6.07) is 14.0. The number of benzene rings is 1. The first kappa shape index (κ1) is 14.0. The number of hydrogen-bond acceptors (Lipinski definition) is 4. The second-order valence-electron chi connectivity index (χ2n) is 4.54. The predicted molar refractivity (Wildman–Crippen MR) is 86.9 cm³/mol. The van der Waals surface area contributed by atoms with Gasteiger partial charge in [-0.05, 0) is 17.0 Å². The molecule has 0 aliphatic rings. The molecule has 1 N–H and O–H groups in total. The van der Waals surface area contributed by atoms with E-state index in [0.29, 0.717) is 6.54 Å². The SMILES string of the molecule is O=C(NCc1ncc(Cc2ccccc2)s1)c1cccs1. The number of aromatic nitrogens is 1. The van der Waals surface area contributed by atoms with Crippen LogP contribution in [0.4, 0.5) is 0 Å². The molecule has 0 aliphatic carbocycles. The number of thiazole rings is 1. The van der Waals surface area contributed by atoms with Gasteiger partial charge < -0.3 is 5.32 Å². The van der Waals surface area contributed by atoms with Crippen molar-refractivity contribution in [2.24, 2.45) is 0 Å². The van der Waals surface area contributed by atoms with Gasteiger partial charge in [0, 0.05) is 17.5 Å². The van der Waals surface area contributed by atoms with Gasteiger partial charge in [-0.3, -0.25) is 4.79 Å². The third-order valence-corrected chi connectivity index (χ3v) is 4.83. The normalized spacial score (nSPS) is 10.5. The minimum absolute atomic E-state index is 0.0372. The predicted octanol–water partition coefficient (Wildman–Crippen LogP) is 3.73. The van der Waals surface area contributed by atoms with Gasteiger partial charge in [0.15, 0.2) is 0 Å². The molecule has 0 fully saturated rings. The Morgan fingerprint density at radius 3 is 2.76 bits per heavy atom. The Bertz CT molecular complexity index is 705. The van der Waals surface area contributed by atoms with Crippen LogP contribution >= 0.6 is 22.7 Å². The molecule has 1 aromatic carbocycles. The molecule has 0 bridgehead atoms. The standard InChI is InChI=1S/C16H14N2OS2/c19-16(14-7-4-8-20-14)18-11-15-17-10-13(21-15)9-12-5-2-1-3-6-12/h1-8,10H,9,11H2,(H,18,19). The maximum Gasteiger partial charge on any atom is 0.261 e. The molecule has 2 heterocycles. The van der Waals surface area contributed by atoms with Gasteiger partial charge in [-0.25, -0.2) is 4.98 Å². The summed E-state index contributed by atoms with van der Waals surface area (Å²) in [5.41, 5.74) is 1.27. The summed E-state index contributed by atoms with van der Waals surface area (Å²) in [4.78, 5) is 18.2. The highest BCUT2D eigenvalue weighted by molar-refractivity contribution is 7.12. The lowest BCUT2D eigenvalue weighted by Gasteiger charge is -2.00. The van der Waals surface area contributed by atoms with Crippen LogP contribution < -0.4 is 5.32 Å². The summed E-state index contributed by atoms with van der Waals surface area (Å²) in [6.45, 7) is 0.482. The van der Waals surface area contributed by atoms with E-state index in [1.54, 1.807) is 11.3 Å². The summed E-state index contributed by atoms with van der Waals surface area (Å²) in [7, 11) is 0. The van der Waals surface area contributed by atoms with Crippen LogP contribution in [0.5, 0.6) is 0 Å². The van der Waals surface area contributed by atoms with Crippen molar-refractivity contribution in [2.75, 3.05) is 0 Å². The first-order chi connectivity index (χ1) is 10.3. The molecular formula is C16H14N2OS2. The molecule has 1 amide bonds. The monoisotopic (exact) mass is 314 g/mol. The van der Waals surface area contributed by atoms with Gasteiger partial charge in [0.05, 0.1) is 11.4 Å². The van der Waals surface area contributed by atoms with Crippen LogP contribution in [0, 0.1) is 0 Å². The van der Waals surface area contributed by atoms with E-state index >= 15 is 0 Å². The zero-order valence-corrected chi connectivity index (χ0v) is 12.9. The third kappa shape index (κ3) is 3.77. The zero-order valence-electron chi connectivity index (χ0n) is 11.3. The summed E-state index contributed by atoms with van der Waals surface area (Å²) in [6.07, 6.45) is 2.78. The van der Waals surface area contributed by atoms with Crippen molar-refractivity contribution in [1.82, 2.24) is 10.3 Å². The first-order valence-corrected chi connectivity index (χ1v) is 8.30. The molecule has 0 unspecified atom stereocenters. The Kier molecular flexibility index (Phi) is 4.43. The number of carbonyl (C=O) groups excluding carboxylic acids is 1. The largest absolute Gasteiger partial charge is 0.345 e. The van der Waals surface area contributed by atoms with Crippen LogP contribution in [-0.2, 0) is 13.0 Å². The lowest BCUT2D eigenvalue weighted by molar-refractivity contribution is 0.0955. The summed E-state index contributed by atoms with van der Waals surface area (Å²) < 4.78 is 0. The Balaban J connectivity index is 1.57. The van der Waals surface area contributed by atoms with E-state index in [-0.39, 0.29) is 5.91 Å². The fourth-order valence-electron chi connectivity index (χ4n) is 1.96. The number of hydrogen-bond donors (Lipinski definition) is 1. The molecule has 0 radical (unpaired) electrons. The highest BCUT2D eigenvalue weighted by Gasteiger charge is 2.08. The first-order valence-electron chi connectivity index (χ1n) is 6.60. The molecule has 3 aromatic rings. The van der Waals surface area contributed by atoms with Gasteiger partial charge >= 0.3 is 0 Å². The van der Waals surface area contributed by atoms with E-state index in [4.69, 9.17) is 0 Å². The summed E-state index contributed by atoms with van der Waals surface area (Å²) in [5.74, 6) is -0.0372. The van der Waals surface area contributed by atoms with Crippen LogP contribution in [0.2, 0.25) is 0 Å². The molecule has 3 nitrogen and oxygen atoms in total. The highest BCUT2D eigenvalue weighted by Crippen LogP contribution is 2.17. The van der Waals surface area contributed by atoms with Crippen molar-refractivity contribution in [3.63, 3.8) is 0 Å². The molecule has 2 aromatic heterocycles. The molecule has 0 saturated carbocycles. The molecular weight excluding hydrogens is 300 g/mol. The van der Waals surface area contributed by atoms with Crippen molar-refractivity contribution < 1.29 is 4.79 Å². The Hall–Kier alpha value is -1.98. The van der Waals surface area contributed by atoms with Crippen LogP contribution in [-0.4, -0.2) is 10.9 Å². The Morgan fingerprint density at radius 2 is 2.00 bits per heavy atom. The number of rotatable bonds is 5. The van der Waals surface area contributed by atoms with Crippen molar-refractivity contribution in [2.45, 2.75) is 13.0 Å². The zero-order chi connectivity index (χ0) is 14.5. The second-order valence-corrected chi connectivity index (χ2v) is 6.69. The fraction of sp³-hybridized carbons (Fsp3) is 0.125. The van der Waals surface area contributed by atoms with Crippen LogP contribution in [0.25, 0.3) is 0 Å². The number of thiophene rings is 1. The molecule has 21 heavy (non-hydrogen) atoms. The quantitative estimate of drug-likeness (QED) is 0.780. The number of amides is 1. The maximum atomic E-state index is 11.9. The van der Waals surface area contributed by atoms with E-state index in [1.165, 1.54) is 21.8 Å². The smallest absolute Gasteiger partial charge is 0.261 e. The van der Waals surface area contributed by atoms with Gasteiger partial charge in [-0.15, -0.1) is 22.7 Å². The van der Waals surface area contributed by atoms with E-state index in [1.807, 2.05) is 41.9 Å². The molecule has 0 aliphatic heterocycles. The maximum absolute atomic E-state index is 11.9. The molecule has 0 atom stereocenters. The van der Waals surface area contributed by atoms with Crippen molar-refractivity contribution >= 4 is 28.6 Å². The lowest BCUT2D eigenvalue weighted by atomic mass is 10.1. The van der Waals surface area contributed by atoms with Crippen molar-refractivity contribution in [3.8, 4) is 0 Å². The number of carbonyl (C=O) groups is 1. The van der Waals surface area contributed by atoms with Gasteiger partial charge in [0.1, 0.15) is 5.01 Å². The van der Waals surface area contributed by atoms with E-state index < -0.39 is 0 Å². The van der Waals surface area contributed by atoms with Crippen LogP contribution in [0.15, 0.2) is 54.0 Å². The minimum Gasteiger partial charge on any atom is -0.345 e. The van der Waals surface area contributed by atoms with Crippen molar-refractivity contribution in [1.29, 1.82) is 0 Å². The van der Waals surface area contributed by atoms with E-state index in [0.717, 1.165) is 16.3 Å². The molecule has 5 heteroatoms. The van der Waals surface area contributed by atoms with E-state index in [2.05, 4.69) is 22.4 Å². The molecule has 3 rings (SSSR count). The van der Waals surface area contributed by atoms with Gasteiger partial charge in [0.25, 0.3) is 5.91 Å². The number of nitrogens with zero attached hydrogens (tertiary/aromatic N) is 1. The van der Waals surface area contributed by atoms with Gasteiger partial charge in [0.2, 0.25) is 0 Å². The molecule has 0 saturated heterocycles. The average molecular weight is 314 g/mol. The minimum atomic E-state index is -0.0372. The molecule has 0 spiro atoms. The Morgan fingerprint density at radius 1 is 1.14 bits per heavy atom. The Labute approximate surface area is 131 Å². The third-order valence-electron chi connectivity index (χ3n) is 2.97. The average Bonchev–Trinajstić information content (AvgIpc) is 3.17. The van der Waals surface area contributed by atoms with Gasteiger partial charge in [-0.2, -0.15) is 0 Å². The fourth-order valence-corrected chi connectivity index (χ4v) is 3.50. The summed E-state index contributed by atoms with van der Waals surface area (Å²) >= 11 is 3.09. The van der Waals surface area contributed by atoms with Crippen molar-refractivity contribution in [3.05, 3.63) is 74.4 Å². The topological polar surface area (TPSA) is 42.0 Å². The lowest BCUT2D eigenvalue weighted by Crippen LogP contribution is -2.21. The van der Waals surface area contributed by atoms with Gasteiger partial charge in [-0.1, -0.05) is 36.4 Å². The summed E-state index contributed by atoms with van der Waals surface area (Å²) in [5, 5.41) is 5.73. The molecule has 106 valence electrons. The number of nitrogens with one attached hydrogen (secondary N) is 1. The van der Waals surface area contributed by atoms with Crippen LogP contribution in [0.1, 0.15) is 25.1 Å². The van der Waals surface area contributed by atoms with Crippen LogP contribution in [0.3, 0.4) is 0 Å². The highest BCUT2D eigenvalue weighted by atomic mass is 32.1.